The predicted molar refractivity (Wildman–Crippen MR) is 302 cm³/mol. The maximum Gasteiger partial charge on any atom is 0.252 e. The van der Waals surface area contributed by atoms with Gasteiger partial charge in [-0.05, 0) is 104 Å². The topological polar surface area (TPSA) is 6.48 Å². The zero-order valence-corrected chi connectivity index (χ0v) is 40.2. The molecule has 0 aliphatic carbocycles. The Morgan fingerprint density at radius 3 is 0.958 bits per heavy atom. The van der Waals surface area contributed by atoms with E-state index in [1.54, 1.807) is 0 Å². The van der Waals surface area contributed by atoms with Crippen molar-refractivity contribution >= 4 is 57.2 Å². The first kappa shape index (κ1) is 43.1. The molecule has 340 valence electrons. The van der Waals surface area contributed by atoms with Gasteiger partial charge in [0.15, 0.2) is 0 Å². The SMILES string of the molecule is Cc1ccc2c(c1)B1c3ccccc3N(c3ccccc3C(c3ccccc3)(c3ccccc3)c3ccccc3)c3cccc(c31)N2c1ccccc1C(c1ccccc1)(c1ccccc1)c1ccccc1. The molecule has 0 fully saturated rings. The summed E-state index contributed by atoms with van der Waals surface area (Å²) in [7, 11) is 0. The summed E-state index contributed by atoms with van der Waals surface area (Å²) in [6.45, 7) is 2.21. The van der Waals surface area contributed by atoms with Crippen LogP contribution in [-0.4, -0.2) is 6.71 Å². The zero-order valence-electron chi connectivity index (χ0n) is 40.2. The predicted octanol–water partition coefficient (Wildman–Crippen LogP) is 14.8. The second-order valence-electron chi connectivity index (χ2n) is 19.2. The highest BCUT2D eigenvalue weighted by atomic mass is 15.2. The number of rotatable bonds is 10. The van der Waals surface area contributed by atoms with E-state index >= 15 is 0 Å². The summed E-state index contributed by atoms with van der Waals surface area (Å²) in [6.07, 6.45) is 0. The lowest BCUT2D eigenvalue weighted by atomic mass is 9.33. The molecule has 2 aliphatic rings. The monoisotopic (exact) mass is 918 g/mol. The van der Waals surface area contributed by atoms with Crippen molar-refractivity contribution in [2.45, 2.75) is 17.8 Å². The maximum absolute atomic E-state index is 2.59. The van der Waals surface area contributed by atoms with Crippen LogP contribution in [0.4, 0.5) is 34.1 Å². The van der Waals surface area contributed by atoms with E-state index in [9.17, 15) is 0 Å². The van der Waals surface area contributed by atoms with Crippen molar-refractivity contribution in [3.8, 4) is 0 Å². The van der Waals surface area contributed by atoms with Crippen LogP contribution in [0.1, 0.15) is 50.1 Å². The highest BCUT2D eigenvalue weighted by molar-refractivity contribution is 7.00. The molecule has 2 nitrogen and oxygen atoms in total. The summed E-state index contributed by atoms with van der Waals surface area (Å²) >= 11 is 0. The second kappa shape index (κ2) is 17.8. The van der Waals surface area contributed by atoms with Crippen LogP contribution in [0.2, 0.25) is 0 Å². The molecular formula is C69H51BN2. The molecule has 0 amide bonds. The quantitative estimate of drug-likeness (QED) is 0.0996. The fourth-order valence-corrected chi connectivity index (χ4v) is 12.6. The van der Waals surface area contributed by atoms with E-state index in [0.717, 1.165) is 11.4 Å². The third-order valence-electron chi connectivity index (χ3n) is 15.4. The lowest BCUT2D eigenvalue weighted by molar-refractivity contribution is 0.744. The average Bonchev–Trinajstić information content (AvgIpc) is 3.46. The number of fused-ring (bicyclic) bond motifs is 4. The molecule has 0 saturated heterocycles. The molecular weight excluding hydrogens is 868 g/mol. The number of para-hydroxylation sites is 3. The van der Waals surface area contributed by atoms with Crippen LogP contribution in [0.3, 0.4) is 0 Å². The lowest BCUT2D eigenvalue weighted by Crippen LogP contribution is -2.61. The molecule has 0 spiro atoms. The molecule has 13 rings (SSSR count). The van der Waals surface area contributed by atoms with Crippen LogP contribution in [0.15, 0.2) is 291 Å². The Morgan fingerprint density at radius 1 is 0.264 bits per heavy atom. The van der Waals surface area contributed by atoms with Gasteiger partial charge in [0.1, 0.15) is 0 Å². The lowest BCUT2D eigenvalue weighted by Gasteiger charge is -2.47. The Balaban J connectivity index is 1.11. The first-order valence-electron chi connectivity index (χ1n) is 25.1. The van der Waals surface area contributed by atoms with Gasteiger partial charge in [0.25, 0.3) is 6.71 Å². The Bertz CT molecular complexity index is 3500. The van der Waals surface area contributed by atoms with E-state index in [0.29, 0.717) is 0 Å². The van der Waals surface area contributed by atoms with Gasteiger partial charge in [0.05, 0.1) is 22.2 Å². The molecule has 0 unspecified atom stereocenters. The standard InChI is InChI=1S/C69H51BN2/c1-50-47-48-64-60(49-50)70-59-41-22-25-44-63(59)71(61-42-23-20-39-57(61)68(51-27-8-2-9-28-51,52-29-10-3-11-30-52)53-31-12-4-13-32-53)65-45-26-46-66(67(65)70)72(64)62-43-24-21-40-58(62)69(54-33-14-5-15-34-54,55-35-16-6-17-36-55)56-37-18-7-19-38-56/h2-49H,1H3. The van der Waals surface area contributed by atoms with Gasteiger partial charge in [-0.25, -0.2) is 0 Å². The summed E-state index contributed by atoms with van der Waals surface area (Å²) in [5.74, 6) is 0. The Labute approximate surface area is 423 Å². The van der Waals surface area contributed by atoms with Gasteiger partial charge in [-0.3, -0.25) is 0 Å². The van der Waals surface area contributed by atoms with E-state index < -0.39 is 10.8 Å². The van der Waals surface area contributed by atoms with E-state index in [1.807, 2.05) is 0 Å². The fourth-order valence-electron chi connectivity index (χ4n) is 12.6. The Morgan fingerprint density at radius 2 is 0.569 bits per heavy atom. The molecule has 0 N–H and O–H groups in total. The minimum absolute atomic E-state index is 0.0293. The van der Waals surface area contributed by atoms with Gasteiger partial charge in [-0.2, -0.15) is 0 Å². The third-order valence-corrected chi connectivity index (χ3v) is 15.4. The van der Waals surface area contributed by atoms with Crippen LogP contribution in [0.25, 0.3) is 0 Å². The van der Waals surface area contributed by atoms with Crippen LogP contribution in [0.5, 0.6) is 0 Å². The van der Waals surface area contributed by atoms with Gasteiger partial charge in [-0.1, -0.05) is 260 Å². The van der Waals surface area contributed by atoms with Crippen molar-refractivity contribution in [3.63, 3.8) is 0 Å². The number of benzene rings is 11. The second-order valence-corrected chi connectivity index (χ2v) is 19.2. The smallest absolute Gasteiger partial charge is 0.252 e. The van der Waals surface area contributed by atoms with Crippen LogP contribution < -0.4 is 26.2 Å². The van der Waals surface area contributed by atoms with Crippen molar-refractivity contribution in [2.24, 2.45) is 0 Å². The average molecular weight is 919 g/mol. The minimum Gasteiger partial charge on any atom is -0.311 e. The summed E-state index contributed by atoms with van der Waals surface area (Å²) in [5, 5.41) is 0. The molecule has 72 heavy (non-hydrogen) atoms. The Kier molecular flexibility index (Phi) is 10.7. The number of hydrogen-bond acceptors (Lipinski definition) is 2. The van der Waals surface area contributed by atoms with Crippen molar-refractivity contribution in [2.75, 3.05) is 9.80 Å². The zero-order chi connectivity index (χ0) is 48.1. The van der Waals surface area contributed by atoms with E-state index in [1.165, 1.54) is 89.2 Å². The van der Waals surface area contributed by atoms with E-state index in [-0.39, 0.29) is 6.71 Å². The molecule has 3 heteroatoms. The van der Waals surface area contributed by atoms with Crippen LogP contribution in [-0.2, 0) is 10.8 Å². The summed E-state index contributed by atoms with van der Waals surface area (Å²) in [5.41, 5.74) is 20.4. The summed E-state index contributed by atoms with van der Waals surface area (Å²) in [6, 6.07) is 108. The molecule has 2 aliphatic heterocycles. The van der Waals surface area contributed by atoms with Gasteiger partial charge >= 0.3 is 0 Å². The first-order chi connectivity index (χ1) is 35.7. The van der Waals surface area contributed by atoms with Crippen molar-refractivity contribution in [3.05, 3.63) is 341 Å². The third kappa shape index (κ3) is 6.58. The fraction of sp³-hybridized carbons (Fsp3) is 0.0435. The number of hydrogen-bond donors (Lipinski definition) is 0. The molecule has 11 aromatic rings. The molecule has 0 saturated carbocycles. The highest BCUT2D eigenvalue weighted by Crippen LogP contribution is 2.54. The maximum atomic E-state index is 2.59. The van der Waals surface area contributed by atoms with Gasteiger partial charge in [0.2, 0.25) is 0 Å². The van der Waals surface area contributed by atoms with Gasteiger partial charge in [0, 0.05) is 22.7 Å². The van der Waals surface area contributed by atoms with E-state index in [4.69, 9.17) is 0 Å². The highest BCUT2D eigenvalue weighted by Gasteiger charge is 2.48. The molecule has 0 aromatic heterocycles. The molecule has 0 bridgehead atoms. The molecule has 11 aromatic carbocycles. The molecule has 2 heterocycles. The van der Waals surface area contributed by atoms with E-state index in [2.05, 4.69) is 308 Å². The number of anilines is 6. The first-order valence-corrected chi connectivity index (χ1v) is 25.1. The summed E-state index contributed by atoms with van der Waals surface area (Å²) < 4.78 is 0. The number of nitrogens with zero attached hydrogens (tertiary/aromatic N) is 2. The minimum atomic E-state index is -0.676. The Hall–Kier alpha value is -8.92. The van der Waals surface area contributed by atoms with Gasteiger partial charge < -0.3 is 9.80 Å². The molecule has 0 radical (unpaired) electrons. The largest absolute Gasteiger partial charge is 0.311 e. The van der Waals surface area contributed by atoms with Crippen molar-refractivity contribution in [1.82, 2.24) is 0 Å². The van der Waals surface area contributed by atoms with Crippen LogP contribution >= 0.6 is 0 Å². The van der Waals surface area contributed by atoms with Crippen LogP contribution in [0, 0.1) is 6.92 Å². The van der Waals surface area contributed by atoms with Gasteiger partial charge in [-0.15, -0.1) is 0 Å². The molecule has 0 atom stereocenters. The summed E-state index contributed by atoms with van der Waals surface area (Å²) in [4.78, 5) is 5.17. The van der Waals surface area contributed by atoms with Crippen molar-refractivity contribution < 1.29 is 0 Å². The van der Waals surface area contributed by atoms with Crippen molar-refractivity contribution in [1.29, 1.82) is 0 Å². The number of aryl methyl sites for hydroxylation is 1. The normalized spacial score (nSPS) is 12.7.